The minimum atomic E-state index is 0.0990. The van der Waals surface area contributed by atoms with Crippen molar-refractivity contribution in [1.82, 2.24) is 0 Å². The fourth-order valence-electron chi connectivity index (χ4n) is 3.43. The Labute approximate surface area is 193 Å². The van der Waals surface area contributed by atoms with Crippen LogP contribution >= 0.6 is 0 Å². The van der Waals surface area contributed by atoms with Gasteiger partial charge in [0.05, 0.1) is 0 Å². The lowest BCUT2D eigenvalue weighted by atomic mass is 9.70. The van der Waals surface area contributed by atoms with Crippen LogP contribution in [-0.2, 0) is 11.2 Å². The van der Waals surface area contributed by atoms with Gasteiger partial charge in [-0.1, -0.05) is 121 Å². The summed E-state index contributed by atoms with van der Waals surface area (Å²) in [5.41, 5.74) is 3.19. The van der Waals surface area contributed by atoms with E-state index >= 15 is 0 Å². The summed E-state index contributed by atoms with van der Waals surface area (Å²) in [7, 11) is 0. The van der Waals surface area contributed by atoms with Crippen molar-refractivity contribution < 1.29 is 4.79 Å². The van der Waals surface area contributed by atoms with Crippen molar-refractivity contribution in [1.29, 1.82) is 0 Å². The molecule has 2 rings (SSSR count). The molecule has 0 bridgehead atoms. The van der Waals surface area contributed by atoms with Gasteiger partial charge < -0.3 is 4.79 Å². The molecule has 1 unspecified atom stereocenters. The number of aryl methyl sites for hydroxylation is 2. The van der Waals surface area contributed by atoms with Gasteiger partial charge in [0.2, 0.25) is 0 Å². The van der Waals surface area contributed by atoms with Crippen molar-refractivity contribution in [3.05, 3.63) is 71.8 Å². The molecular formula is C30H48O. The summed E-state index contributed by atoms with van der Waals surface area (Å²) in [5.74, 6) is 0.599. The van der Waals surface area contributed by atoms with Crippen LogP contribution in [0.2, 0.25) is 0 Å². The van der Waals surface area contributed by atoms with E-state index in [-0.39, 0.29) is 5.41 Å². The first-order chi connectivity index (χ1) is 14.6. The summed E-state index contributed by atoms with van der Waals surface area (Å²) >= 11 is 0. The van der Waals surface area contributed by atoms with Gasteiger partial charge in [-0.3, -0.25) is 0 Å². The first-order valence-electron chi connectivity index (χ1n) is 12.0. The largest absolute Gasteiger partial charge is 0.303 e. The number of benzene rings is 2. The highest BCUT2D eigenvalue weighted by atomic mass is 16.1. The molecule has 0 heterocycles. The summed E-state index contributed by atoms with van der Waals surface area (Å²) in [6, 6.07) is 20.9. The topological polar surface area (TPSA) is 17.1 Å². The van der Waals surface area contributed by atoms with E-state index in [0.717, 1.165) is 12.7 Å². The van der Waals surface area contributed by atoms with E-state index in [9.17, 15) is 4.79 Å². The van der Waals surface area contributed by atoms with Crippen molar-refractivity contribution in [2.24, 2.45) is 16.7 Å². The Hall–Kier alpha value is -1.89. The van der Waals surface area contributed by atoms with Crippen LogP contribution in [0.1, 0.15) is 91.7 Å². The molecule has 0 amide bonds. The molecule has 2 aromatic carbocycles. The molecule has 1 nitrogen and oxygen atoms in total. The van der Waals surface area contributed by atoms with Gasteiger partial charge in [0.1, 0.15) is 6.29 Å². The Kier molecular flexibility index (Phi) is 14.9. The second kappa shape index (κ2) is 15.8. The maximum Gasteiger partial charge on any atom is 0.120 e. The third kappa shape index (κ3) is 15.5. The van der Waals surface area contributed by atoms with Crippen LogP contribution in [0.4, 0.5) is 0 Å². The molecule has 0 aromatic heterocycles. The molecule has 0 saturated heterocycles. The highest BCUT2D eigenvalue weighted by Gasteiger charge is 2.29. The molecular weight excluding hydrogens is 376 g/mol. The van der Waals surface area contributed by atoms with Crippen LogP contribution in [0, 0.1) is 23.7 Å². The molecule has 0 fully saturated rings. The minimum Gasteiger partial charge on any atom is -0.303 e. The fourth-order valence-corrected chi connectivity index (χ4v) is 3.43. The van der Waals surface area contributed by atoms with Gasteiger partial charge in [-0.05, 0) is 54.9 Å². The summed E-state index contributed by atoms with van der Waals surface area (Å²) < 4.78 is 0. The van der Waals surface area contributed by atoms with E-state index in [0.29, 0.717) is 17.8 Å². The summed E-state index contributed by atoms with van der Waals surface area (Å²) in [4.78, 5) is 11.0. The second-order valence-electron chi connectivity index (χ2n) is 10.5. The van der Waals surface area contributed by atoms with Gasteiger partial charge in [0, 0.05) is 6.42 Å². The second-order valence-corrected chi connectivity index (χ2v) is 10.5. The minimum absolute atomic E-state index is 0.0990. The van der Waals surface area contributed by atoms with Crippen LogP contribution in [0.5, 0.6) is 0 Å². The molecule has 0 aliphatic rings. The van der Waals surface area contributed by atoms with Crippen LogP contribution in [0.3, 0.4) is 0 Å². The average molecular weight is 425 g/mol. The smallest absolute Gasteiger partial charge is 0.120 e. The SMILES string of the molecule is CC(C)(C)CCC(CCc1ccccc1)C(C)(C)CC=O.CCC.Cc1ccccc1. The Balaban J connectivity index is 0.000000739. The number of carbonyl (C=O) groups excluding carboxylic acids is 1. The first-order valence-corrected chi connectivity index (χ1v) is 12.0. The lowest BCUT2D eigenvalue weighted by Crippen LogP contribution is -2.26. The summed E-state index contributed by atoms with van der Waals surface area (Å²) in [5, 5.41) is 0. The number of hydrogen-bond acceptors (Lipinski definition) is 1. The average Bonchev–Trinajstić information content (AvgIpc) is 2.69. The molecule has 0 saturated carbocycles. The molecule has 2 aromatic rings. The quantitative estimate of drug-likeness (QED) is 0.386. The lowest BCUT2D eigenvalue weighted by Gasteiger charge is -2.35. The molecule has 0 aliphatic carbocycles. The summed E-state index contributed by atoms with van der Waals surface area (Å²) in [6.45, 7) is 17.7. The normalized spacial score (nSPS) is 12.0. The maximum atomic E-state index is 11.0. The molecule has 1 atom stereocenters. The zero-order valence-corrected chi connectivity index (χ0v) is 21.6. The number of aldehydes is 1. The molecule has 0 aliphatic heterocycles. The molecule has 31 heavy (non-hydrogen) atoms. The predicted molar refractivity (Wildman–Crippen MR) is 139 cm³/mol. The third-order valence-electron chi connectivity index (χ3n) is 5.52. The third-order valence-corrected chi connectivity index (χ3v) is 5.52. The van der Waals surface area contributed by atoms with Gasteiger partial charge in [-0.2, -0.15) is 0 Å². The van der Waals surface area contributed by atoms with Crippen LogP contribution in [0.25, 0.3) is 0 Å². The van der Waals surface area contributed by atoms with Gasteiger partial charge in [-0.25, -0.2) is 0 Å². The number of carbonyl (C=O) groups is 1. The Morgan fingerprint density at radius 3 is 1.68 bits per heavy atom. The zero-order chi connectivity index (χ0) is 23.8. The van der Waals surface area contributed by atoms with Crippen molar-refractivity contribution in [3.63, 3.8) is 0 Å². The molecule has 1 heteroatoms. The molecule has 0 spiro atoms. The highest BCUT2D eigenvalue weighted by Crippen LogP contribution is 2.38. The van der Waals surface area contributed by atoms with Crippen molar-refractivity contribution in [2.75, 3.05) is 0 Å². The molecule has 0 radical (unpaired) electrons. The molecule has 174 valence electrons. The van der Waals surface area contributed by atoms with E-state index in [1.165, 1.54) is 36.8 Å². The molecule has 0 N–H and O–H groups in total. The van der Waals surface area contributed by atoms with Crippen LogP contribution in [-0.4, -0.2) is 6.29 Å². The Morgan fingerprint density at radius 2 is 1.29 bits per heavy atom. The van der Waals surface area contributed by atoms with Crippen LogP contribution < -0.4 is 0 Å². The maximum absolute atomic E-state index is 11.0. The van der Waals surface area contributed by atoms with E-state index < -0.39 is 0 Å². The van der Waals surface area contributed by atoms with Crippen LogP contribution in [0.15, 0.2) is 60.7 Å². The van der Waals surface area contributed by atoms with Crippen molar-refractivity contribution in [3.8, 4) is 0 Å². The van der Waals surface area contributed by atoms with E-state index in [2.05, 4.69) is 97.9 Å². The number of hydrogen-bond donors (Lipinski definition) is 0. The van der Waals surface area contributed by atoms with Gasteiger partial charge in [0.15, 0.2) is 0 Å². The number of rotatable bonds is 8. The van der Waals surface area contributed by atoms with Crippen molar-refractivity contribution >= 4 is 6.29 Å². The van der Waals surface area contributed by atoms with Crippen molar-refractivity contribution in [2.45, 2.75) is 93.9 Å². The van der Waals surface area contributed by atoms with E-state index in [1.54, 1.807) is 0 Å². The first kappa shape index (κ1) is 29.1. The summed E-state index contributed by atoms with van der Waals surface area (Å²) in [6.07, 6.45) is 7.70. The van der Waals surface area contributed by atoms with Gasteiger partial charge >= 0.3 is 0 Å². The van der Waals surface area contributed by atoms with Gasteiger partial charge in [0.25, 0.3) is 0 Å². The highest BCUT2D eigenvalue weighted by molar-refractivity contribution is 5.50. The zero-order valence-electron chi connectivity index (χ0n) is 21.6. The Bertz CT molecular complexity index is 665. The monoisotopic (exact) mass is 424 g/mol. The van der Waals surface area contributed by atoms with E-state index in [1.807, 2.05) is 18.2 Å². The fraction of sp³-hybridized carbons (Fsp3) is 0.567. The Morgan fingerprint density at radius 1 is 0.806 bits per heavy atom. The van der Waals surface area contributed by atoms with Gasteiger partial charge in [-0.15, -0.1) is 0 Å². The predicted octanol–water partition coefficient (Wildman–Crippen LogP) is 9.09. The van der Waals surface area contributed by atoms with E-state index in [4.69, 9.17) is 0 Å². The standard InChI is InChI=1S/C20H32O.C7H8.C3H8/c1-19(2,3)14-13-18(20(4,5)15-16-21)12-11-17-9-7-6-8-10-17;1-7-5-3-2-4-6-7;1-3-2/h6-10,16,18H,11-15H2,1-5H3;2-6H,1H3;3H2,1-2H3. The lowest BCUT2D eigenvalue weighted by molar-refractivity contribution is -0.110.